The van der Waals surface area contributed by atoms with Gasteiger partial charge in [-0.15, -0.1) is 0 Å². The lowest BCUT2D eigenvalue weighted by Crippen LogP contribution is -2.15. The van der Waals surface area contributed by atoms with Gasteiger partial charge in [-0.25, -0.2) is 9.97 Å². The number of benzene rings is 1. The first-order valence-corrected chi connectivity index (χ1v) is 7.42. The normalized spacial score (nSPS) is 11.2. The molecule has 0 atom stereocenters. The smallest absolute Gasteiger partial charge is 0.383 e. The number of hydrogen-bond donors (Lipinski definition) is 2. The number of ether oxygens (including phenoxy) is 1. The van der Waals surface area contributed by atoms with Gasteiger partial charge < -0.3 is 15.4 Å². The van der Waals surface area contributed by atoms with Crippen LogP contribution >= 0.6 is 11.6 Å². The predicted molar refractivity (Wildman–Crippen MR) is 86.8 cm³/mol. The molecule has 0 saturated heterocycles. The molecule has 1 aromatic carbocycles. The van der Waals surface area contributed by atoms with E-state index in [0.29, 0.717) is 19.1 Å². The summed E-state index contributed by atoms with van der Waals surface area (Å²) in [5, 5.41) is 5.18. The number of amides is 1. The molecule has 0 fully saturated rings. The fourth-order valence-corrected chi connectivity index (χ4v) is 1.96. The van der Waals surface area contributed by atoms with Gasteiger partial charge in [-0.05, 0) is 18.2 Å². The van der Waals surface area contributed by atoms with Crippen molar-refractivity contribution in [3.63, 3.8) is 0 Å². The second kappa shape index (κ2) is 8.13. The quantitative estimate of drug-likeness (QED) is 0.757. The number of carbonyl (C=O) groups is 1. The van der Waals surface area contributed by atoms with Crippen LogP contribution in [0.4, 0.5) is 24.8 Å². The van der Waals surface area contributed by atoms with Gasteiger partial charge in [-0.2, -0.15) is 13.2 Å². The molecule has 2 aromatic rings. The first kappa shape index (κ1) is 18.9. The van der Waals surface area contributed by atoms with Crippen LogP contribution in [0.15, 0.2) is 30.6 Å². The van der Waals surface area contributed by atoms with Crippen molar-refractivity contribution in [3.8, 4) is 0 Å². The zero-order chi connectivity index (χ0) is 18.4. The van der Waals surface area contributed by atoms with Crippen LogP contribution in [-0.4, -0.2) is 36.1 Å². The molecule has 2 rings (SSSR count). The molecule has 1 aromatic heterocycles. The zero-order valence-electron chi connectivity index (χ0n) is 13.0. The van der Waals surface area contributed by atoms with Crippen molar-refractivity contribution in [2.45, 2.75) is 6.18 Å². The summed E-state index contributed by atoms with van der Waals surface area (Å²) in [4.78, 5) is 20.0. The van der Waals surface area contributed by atoms with E-state index in [1.54, 1.807) is 7.11 Å². The number of nitrogens with one attached hydrogen (secondary N) is 2. The zero-order valence-corrected chi connectivity index (χ0v) is 13.8. The van der Waals surface area contributed by atoms with E-state index in [2.05, 4.69) is 20.6 Å². The standard InChI is InChI=1S/C15H14ClF3N4O2/c1-25-5-4-20-14-21-7-9(8-22-14)13(24)23-12-6-10(15(17,18)19)2-3-11(12)16/h2-3,6-8H,4-5H2,1H3,(H,23,24)(H,20,21,22). The molecule has 134 valence electrons. The fraction of sp³-hybridized carbons (Fsp3) is 0.267. The van der Waals surface area contributed by atoms with Crippen LogP contribution in [0, 0.1) is 0 Å². The number of alkyl halides is 3. The maximum absolute atomic E-state index is 12.7. The van der Waals surface area contributed by atoms with Crippen molar-refractivity contribution in [2.24, 2.45) is 0 Å². The summed E-state index contributed by atoms with van der Waals surface area (Å²) in [5.41, 5.74) is -0.990. The predicted octanol–water partition coefficient (Wildman–Crippen LogP) is 3.46. The lowest BCUT2D eigenvalue weighted by molar-refractivity contribution is -0.137. The molecule has 1 amide bonds. The Balaban J connectivity index is 2.09. The van der Waals surface area contributed by atoms with Gasteiger partial charge in [0.25, 0.3) is 5.91 Å². The molecule has 0 aliphatic carbocycles. The Labute approximate surface area is 146 Å². The van der Waals surface area contributed by atoms with Crippen LogP contribution in [-0.2, 0) is 10.9 Å². The Kier molecular flexibility index (Phi) is 6.16. The van der Waals surface area contributed by atoms with Crippen molar-refractivity contribution >= 4 is 29.1 Å². The number of hydrogen-bond acceptors (Lipinski definition) is 5. The highest BCUT2D eigenvalue weighted by atomic mass is 35.5. The molecular formula is C15H14ClF3N4O2. The van der Waals surface area contributed by atoms with Crippen molar-refractivity contribution in [3.05, 3.63) is 46.7 Å². The molecule has 0 saturated carbocycles. The van der Waals surface area contributed by atoms with Crippen LogP contribution in [0.5, 0.6) is 0 Å². The molecule has 0 aliphatic rings. The van der Waals surface area contributed by atoms with Crippen LogP contribution in [0.2, 0.25) is 5.02 Å². The lowest BCUT2D eigenvalue weighted by atomic mass is 10.2. The minimum absolute atomic E-state index is 0.0138. The number of rotatable bonds is 6. The van der Waals surface area contributed by atoms with E-state index < -0.39 is 17.6 Å². The van der Waals surface area contributed by atoms with Gasteiger partial charge in [0.05, 0.1) is 28.4 Å². The van der Waals surface area contributed by atoms with Crippen LogP contribution in [0.3, 0.4) is 0 Å². The van der Waals surface area contributed by atoms with Crippen molar-refractivity contribution in [1.29, 1.82) is 0 Å². The molecule has 2 N–H and O–H groups in total. The maximum atomic E-state index is 12.7. The minimum Gasteiger partial charge on any atom is -0.383 e. The fourth-order valence-electron chi connectivity index (χ4n) is 1.79. The Hall–Kier alpha value is -2.39. The molecule has 6 nitrogen and oxygen atoms in total. The molecule has 0 unspecified atom stereocenters. The summed E-state index contributed by atoms with van der Waals surface area (Å²) in [7, 11) is 1.55. The summed E-state index contributed by atoms with van der Waals surface area (Å²) in [6, 6.07) is 2.67. The number of halogens is 4. The van der Waals surface area contributed by atoms with Crippen molar-refractivity contribution in [1.82, 2.24) is 9.97 Å². The van der Waals surface area contributed by atoms with E-state index in [0.717, 1.165) is 18.2 Å². The Morgan fingerprint density at radius 2 is 1.96 bits per heavy atom. The summed E-state index contributed by atoms with van der Waals surface area (Å²) in [6.45, 7) is 0.946. The highest BCUT2D eigenvalue weighted by Gasteiger charge is 2.31. The molecular weight excluding hydrogens is 361 g/mol. The Bertz CT molecular complexity index is 739. The average Bonchev–Trinajstić information content (AvgIpc) is 2.56. The Morgan fingerprint density at radius 3 is 2.56 bits per heavy atom. The van der Waals surface area contributed by atoms with E-state index >= 15 is 0 Å². The van der Waals surface area contributed by atoms with Crippen LogP contribution in [0.1, 0.15) is 15.9 Å². The monoisotopic (exact) mass is 374 g/mol. The van der Waals surface area contributed by atoms with Gasteiger partial charge in [-0.3, -0.25) is 4.79 Å². The average molecular weight is 375 g/mol. The van der Waals surface area contributed by atoms with Gasteiger partial charge in [-0.1, -0.05) is 11.6 Å². The molecule has 0 radical (unpaired) electrons. The molecule has 0 spiro atoms. The third-order valence-electron chi connectivity index (χ3n) is 3.05. The molecule has 1 heterocycles. The van der Waals surface area contributed by atoms with Gasteiger partial charge in [0.2, 0.25) is 5.95 Å². The molecule has 25 heavy (non-hydrogen) atoms. The highest BCUT2D eigenvalue weighted by Crippen LogP contribution is 2.33. The maximum Gasteiger partial charge on any atom is 0.416 e. The van der Waals surface area contributed by atoms with Gasteiger partial charge >= 0.3 is 6.18 Å². The number of methoxy groups -OCH3 is 1. The van der Waals surface area contributed by atoms with E-state index in [9.17, 15) is 18.0 Å². The molecule has 10 heteroatoms. The molecule has 0 aliphatic heterocycles. The summed E-state index contributed by atoms with van der Waals surface area (Å²) >= 11 is 5.84. The Morgan fingerprint density at radius 1 is 1.28 bits per heavy atom. The number of aromatic nitrogens is 2. The summed E-state index contributed by atoms with van der Waals surface area (Å²) in [5.74, 6) is -0.379. The van der Waals surface area contributed by atoms with Crippen molar-refractivity contribution in [2.75, 3.05) is 30.9 Å². The second-order valence-corrected chi connectivity index (χ2v) is 5.27. The topological polar surface area (TPSA) is 76.1 Å². The van der Waals surface area contributed by atoms with Crippen molar-refractivity contribution < 1.29 is 22.7 Å². The largest absolute Gasteiger partial charge is 0.416 e. The third-order valence-corrected chi connectivity index (χ3v) is 3.37. The number of nitrogens with zero attached hydrogens (tertiary/aromatic N) is 2. The first-order chi connectivity index (χ1) is 11.8. The second-order valence-electron chi connectivity index (χ2n) is 4.86. The van der Waals surface area contributed by atoms with Crippen LogP contribution in [0.25, 0.3) is 0 Å². The van der Waals surface area contributed by atoms with Crippen LogP contribution < -0.4 is 10.6 Å². The summed E-state index contributed by atoms with van der Waals surface area (Å²) in [6.07, 6.45) is -2.04. The first-order valence-electron chi connectivity index (χ1n) is 7.04. The summed E-state index contributed by atoms with van der Waals surface area (Å²) < 4.78 is 43.1. The molecule has 0 bridgehead atoms. The highest BCUT2D eigenvalue weighted by molar-refractivity contribution is 6.34. The SMILES string of the molecule is COCCNc1ncc(C(=O)Nc2cc(C(F)(F)F)ccc2Cl)cn1. The van der Waals surface area contributed by atoms with E-state index in [1.807, 2.05) is 0 Å². The van der Waals surface area contributed by atoms with E-state index in [4.69, 9.17) is 16.3 Å². The van der Waals surface area contributed by atoms with Gasteiger partial charge in [0, 0.05) is 26.0 Å². The van der Waals surface area contributed by atoms with E-state index in [1.165, 1.54) is 12.4 Å². The minimum atomic E-state index is -4.54. The van der Waals surface area contributed by atoms with E-state index in [-0.39, 0.29) is 16.3 Å². The number of anilines is 2. The van der Waals surface area contributed by atoms with Gasteiger partial charge in [0.1, 0.15) is 0 Å². The van der Waals surface area contributed by atoms with Gasteiger partial charge in [0.15, 0.2) is 0 Å². The third kappa shape index (κ3) is 5.30. The lowest BCUT2D eigenvalue weighted by Gasteiger charge is -2.11. The number of carbonyl (C=O) groups excluding carboxylic acids is 1.